The van der Waals surface area contributed by atoms with E-state index in [-0.39, 0.29) is 11.5 Å². The number of aromatic nitrogens is 4. The molecule has 0 bridgehead atoms. The summed E-state index contributed by atoms with van der Waals surface area (Å²) in [6, 6.07) is 8.95. The molecule has 0 amide bonds. The number of para-hydroxylation sites is 1. The molecule has 136 valence electrons. The van der Waals surface area contributed by atoms with Crippen LogP contribution >= 0.6 is 11.6 Å². The Bertz CT molecular complexity index is 1040. The number of halogens is 1. The number of aromatic amines is 1. The average molecular weight is 393 g/mol. The number of nitrogens with one attached hydrogen (secondary N) is 1. The highest BCUT2D eigenvalue weighted by atomic mass is 35.5. The number of nitrogens with zero attached hydrogens (tertiary/aromatic N) is 3. The molecule has 0 saturated heterocycles. The standard InChI is InChI=1S/C17H17ClN4O3S/c18-14-3-1-2-4-17(14)22-7-5-12(21-22)10-26(23,24)11-16-13-9-25-8-6-15(13)19-20-16/h1-5,7H,6,8-11H2,(H,19,20). The van der Waals surface area contributed by atoms with Crippen molar-refractivity contribution in [3.05, 3.63) is 64.2 Å². The first-order chi connectivity index (χ1) is 12.5. The first-order valence-electron chi connectivity index (χ1n) is 8.14. The minimum absolute atomic E-state index is 0.138. The van der Waals surface area contributed by atoms with Crippen molar-refractivity contribution in [1.29, 1.82) is 0 Å². The molecule has 7 nitrogen and oxygen atoms in total. The van der Waals surface area contributed by atoms with Crippen LogP contribution in [0, 0.1) is 0 Å². The molecule has 2 aromatic heterocycles. The highest BCUT2D eigenvalue weighted by molar-refractivity contribution is 7.89. The maximum Gasteiger partial charge on any atom is 0.161 e. The van der Waals surface area contributed by atoms with Crippen LogP contribution in [0.25, 0.3) is 5.69 Å². The van der Waals surface area contributed by atoms with Gasteiger partial charge in [0.1, 0.15) is 0 Å². The molecule has 1 N–H and O–H groups in total. The van der Waals surface area contributed by atoms with Crippen LogP contribution in [-0.2, 0) is 39.1 Å². The topological polar surface area (TPSA) is 89.9 Å². The van der Waals surface area contributed by atoms with Crippen LogP contribution < -0.4 is 0 Å². The predicted molar refractivity (Wildman–Crippen MR) is 96.8 cm³/mol. The van der Waals surface area contributed by atoms with E-state index in [0.717, 1.165) is 17.7 Å². The van der Waals surface area contributed by atoms with Crippen LogP contribution in [-0.4, -0.2) is 35.0 Å². The van der Waals surface area contributed by atoms with E-state index < -0.39 is 9.84 Å². The first-order valence-corrected chi connectivity index (χ1v) is 10.3. The molecule has 26 heavy (non-hydrogen) atoms. The second kappa shape index (κ2) is 6.86. The monoisotopic (exact) mass is 392 g/mol. The van der Waals surface area contributed by atoms with E-state index in [4.69, 9.17) is 16.3 Å². The Balaban J connectivity index is 1.52. The van der Waals surface area contributed by atoms with Gasteiger partial charge in [0.05, 0.1) is 46.8 Å². The Labute approximate surface area is 155 Å². The summed E-state index contributed by atoms with van der Waals surface area (Å²) < 4.78 is 32.2. The molecular formula is C17H17ClN4O3S. The summed E-state index contributed by atoms with van der Waals surface area (Å²) in [4.78, 5) is 0. The van der Waals surface area contributed by atoms with Crippen molar-refractivity contribution < 1.29 is 13.2 Å². The zero-order valence-electron chi connectivity index (χ0n) is 13.9. The van der Waals surface area contributed by atoms with Crippen molar-refractivity contribution in [2.24, 2.45) is 0 Å². The second-order valence-electron chi connectivity index (χ2n) is 6.17. The predicted octanol–water partition coefficient (Wildman–Crippen LogP) is 2.44. The van der Waals surface area contributed by atoms with Gasteiger partial charge in [-0.25, -0.2) is 13.1 Å². The first kappa shape index (κ1) is 17.3. The number of hydrogen-bond donors (Lipinski definition) is 1. The van der Waals surface area contributed by atoms with E-state index in [1.807, 2.05) is 18.2 Å². The van der Waals surface area contributed by atoms with Gasteiger partial charge in [0, 0.05) is 23.9 Å². The summed E-state index contributed by atoms with van der Waals surface area (Å²) in [7, 11) is -3.42. The molecule has 1 aliphatic rings. The normalized spacial score (nSPS) is 14.3. The smallest absolute Gasteiger partial charge is 0.161 e. The number of ether oxygens (including phenoxy) is 1. The quantitative estimate of drug-likeness (QED) is 0.720. The van der Waals surface area contributed by atoms with Crippen LogP contribution in [0.2, 0.25) is 5.02 Å². The average Bonchev–Trinajstić information content (AvgIpc) is 3.22. The Hall–Kier alpha value is -2.16. The van der Waals surface area contributed by atoms with Gasteiger partial charge in [-0.3, -0.25) is 5.10 Å². The fraction of sp³-hybridized carbons (Fsp3) is 0.294. The Morgan fingerprint density at radius 3 is 2.92 bits per heavy atom. The van der Waals surface area contributed by atoms with Gasteiger partial charge in [-0.05, 0) is 18.2 Å². The van der Waals surface area contributed by atoms with Gasteiger partial charge in [-0.1, -0.05) is 23.7 Å². The van der Waals surface area contributed by atoms with Gasteiger partial charge in [-0.2, -0.15) is 10.2 Å². The lowest BCUT2D eigenvalue weighted by Gasteiger charge is -2.12. The number of fused-ring (bicyclic) bond motifs is 1. The maximum atomic E-state index is 12.6. The Kier molecular flexibility index (Phi) is 4.56. The third-order valence-corrected chi connectivity index (χ3v) is 6.02. The molecule has 4 rings (SSSR count). The second-order valence-corrected chi connectivity index (χ2v) is 8.64. The molecule has 0 fully saturated rings. The molecule has 1 aromatic carbocycles. The van der Waals surface area contributed by atoms with Gasteiger partial charge < -0.3 is 4.74 Å². The third kappa shape index (κ3) is 3.53. The van der Waals surface area contributed by atoms with E-state index in [2.05, 4.69) is 15.3 Å². The van der Waals surface area contributed by atoms with E-state index in [0.29, 0.717) is 35.3 Å². The SMILES string of the molecule is O=S(=O)(Cc1ccn(-c2ccccc2Cl)n1)Cc1n[nH]c2c1COCC2. The van der Waals surface area contributed by atoms with Crippen molar-refractivity contribution in [2.45, 2.75) is 24.5 Å². The molecule has 9 heteroatoms. The molecule has 0 atom stereocenters. The molecule has 3 aromatic rings. The molecule has 0 aliphatic carbocycles. The highest BCUT2D eigenvalue weighted by Crippen LogP contribution is 2.22. The number of hydrogen-bond acceptors (Lipinski definition) is 5. The molecule has 0 unspecified atom stereocenters. The minimum atomic E-state index is -3.42. The van der Waals surface area contributed by atoms with Crippen molar-refractivity contribution in [2.75, 3.05) is 6.61 Å². The van der Waals surface area contributed by atoms with Crippen molar-refractivity contribution in [3.63, 3.8) is 0 Å². The summed E-state index contributed by atoms with van der Waals surface area (Å²) in [5, 5.41) is 12.0. The van der Waals surface area contributed by atoms with Crippen molar-refractivity contribution >= 4 is 21.4 Å². The molecular weight excluding hydrogens is 376 g/mol. The number of sulfone groups is 1. The Morgan fingerprint density at radius 2 is 2.08 bits per heavy atom. The number of rotatable bonds is 5. The summed E-state index contributed by atoms with van der Waals surface area (Å²) in [5.74, 6) is -0.298. The van der Waals surface area contributed by atoms with E-state index in [9.17, 15) is 8.42 Å². The lowest BCUT2D eigenvalue weighted by atomic mass is 10.1. The van der Waals surface area contributed by atoms with E-state index >= 15 is 0 Å². The largest absolute Gasteiger partial charge is 0.376 e. The zero-order valence-corrected chi connectivity index (χ0v) is 15.4. The lowest BCUT2D eigenvalue weighted by Crippen LogP contribution is -2.13. The summed E-state index contributed by atoms with van der Waals surface area (Å²) in [6.07, 6.45) is 2.43. The maximum absolute atomic E-state index is 12.6. The third-order valence-electron chi connectivity index (χ3n) is 4.25. The summed E-state index contributed by atoms with van der Waals surface area (Å²) >= 11 is 6.16. The molecule has 3 heterocycles. The van der Waals surface area contributed by atoms with Gasteiger partial charge in [0.25, 0.3) is 0 Å². The molecule has 0 radical (unpaired) electrons. The van der Waals surface area contributed by atoms with Crippen LogP contribution in [0.3, 0.4) is 0 Å². The highest BCUT2D eigenvalue weighted by Gasteiger charge is 2.23. The van der Waals surface area contributed by atoms with Crippen LogP contribution in [0.5, 0.6) is 0 Å². The van der Waals surface area contributed by atoms with Crippen LogP contribution in [0.1, 0.15) is 22.6 Å². The Morgan fingerprint density at radius 1 is 1.23 bits per heavy atom. The summed E-state index contributed by atoms with van der Waals surface area (Å²) in [5.41, 5.74) is 3.53. The zero-order chi connectivity index (χ0) is 18.1. The van der Waals surface area contributed by atoms with Crippen LogP contribution in [0.4, 0.5) is 0 Å². The van der Waals surface area contributed by atoms with Crippen molar-refractivity contribution in [1.82, 2.24) is 20.0 Å². The minimum Gasteiger partial charge on any atom is -0.376 e. The number of H-pyrrole nitrogens is 1. The van der Waals surface area contributed by atoms with E-state index in [1.54, 1.807) is 23.0 Å². The fourth-order valence-corrected chi connectivity index (χ4v) is 4.57. The van der Waals surface area contributed by atoms with Crippen molar-refractivity contribution in [3.8, 4) is 5.69 Å². The number of benzene rings is 1. The molecule has 1 aliphatic heterocycles. The summed E-state index contributed by atoms with van der Waals surface area (Å²) in [6.45, 7) is 1.03. The van der Waals surface area contributed by atoms with E-state index in [1.165, 1.54) is 0 Å². The van der Waals surface area contributed by atoms with Gasteiger partial charge >= 0.3 is 0 Å². The van der Waals surface area contributed by atoms with Gasteiger partial charge in [0.2, 0.25) is 0 Å². The molecule has 0 spiro atoms. The van der Waals surface area contributed by atoms with Gasteiger partial charge in [0.15, 0.2) is 9.84 Å². The van der Waals surface area contributed by atoms with Crippen LogP contribution in [0.15, 0.2) is 36.5 Å². The molecule has 0 saturated carbocycles. The lowest BCUT2D eigenvalue weighted by molar-refractivity contribution is 0.109. The van der Waals surface area contributed by atoms with Gasteiger partial charge in [-0.15, -0.1) is 0 Å². The fourth-order valence-electron chi connectivity index (χ4n) is 2.98.